The number of methoxy groups -OCH3 is 1. The number of carboxylic acid groups (broad SMARTS) is 1. The van der Waals surface area contributed by atoms with Crippen LogP contribution in [-0.2, 0) is 9.59 Å². The first-order valence-corrected chi connectivity index (χ1v) is 11.6. The number of ether oxygens (including phenoxy) is 2. The Morgan fingerprint density at radius 3 is 2.28 bits per heavy atom. The number of hydrogen-bond donors (Lipinski definition) is 2. The Balaban J connectivity index is 0.000000448. The molecular formula is C27H22F3N3O6. The van der Waals surface area contributed by atoms with Crippen molar-refractivity contribution in [3.05, 3.63) is 83.2 Å². The smallest absolute Gasteiger partial charge is 0.490 e. The van der Waals surface area contributed by atoms with Crippen molar-refractivity contribution in [2.24, 2.45) is 0 Å². The average Bonchev–Trinajstić information content (AvgIpc) is 3.28. The molecule has 1 aromatic heterocycles. The van der Waals surface area contributed by atoms with Gasteiger partial charge in [-0.3, -0.25) is 9.59 Å². The second-order valence-corrected chi connectivity index (χ2v) is 8.36. The Bertz CT molecular complexity index is 1550. The average molecular weight is 541 g/mol. The third-order valence-corrected chi connectivity index (χ3v) is 5.87. The van der Waals surface area contributed by atoms with Crippen molar-refractivity contribution in [3.8, 4) is 22.8 Å². The minimum absolute atomic E-state index is 0.0758. The lowest BCUT2D eigenvalue weighted by Crippen LogP contribution is -2.32. The van der Waals surface area contributed by atoms with Gasteiger partial charge in [-0.2, -0.15) is 18.3 Å². The monoisotopic (exact) mass is 541 g/mol. The molecule has 0 spiro atoms. The summed E-state index contributed by atoms with van der Waals surface area (Å²) in [5.41, 5.74) is 2.13. The zero-order chi connectivity index (χ0) is 28.2. The lowest BCUT2D eigenvalue weighted by atomic mass is 10.0. The highest BCUT2D eigenvalue weighted by Gasteiger charge is 2.38. The zero-order valence-corrected chi connectivity index (χ0v) is 20.4. The number of alkyl halides is 3. The van der Waals surface area contributed by atoms with Crippen molar-refractivity contribution in [3.63, 3.8) is 0 Å². The van der Waals surface area contributed by atoms with Gasteiger partial charge >= 0.3 is 12.1 Å². The zero-order valence-electron chi connectivity index (χ0n) is 20.4. The van der Waals surface area contributed by atoms with Crippen LogP contribution < -0.4 is 19.9 Å². The van der Waals surface area contributed by atoms with Crippen LogP contribution in [0.1, 0.15) is 6.42 Å². The largest absolute Gasteiger partial charge is 0.497 e. The van der Waals surface area contributed by atoms with E-state index in [1.165, 1.54) is 0 Å². The van der Waals surface area contributed by atoms with Crippen LogP contribution >= 0.6 is 0 Å². The van der Waals surface area contributed by atoms with Gasteiger partial charge in [-0.1, -0.05) is 36.4 Å². The summed E-state index contributed by atoms with van der Waals surface area (Å²) in [7, 11) is 1.59. The van der Waals surface area contributed by atoms with Crippen molar-refractivity contribution < 1.29 is 37.3 Å². The highest BCUT2D eigenvalue weighted by Crippen LogP contribution is 2.30. The predicted octanol–water partition coefficient (Wildman–Crippen LogP) is 4.42. The maximum atomic E-state index is 12.9. The molecule has 2 N–H and O–H groups in total. The van der Waals surface area contributed by atoms with E-state index in [0.717, 1.165) is 16.6 Å². The van der Waals surface area contributed by atoms with Crippen molar-refractivity contribution in [1.82, 2.24) is 10.2 Å². The van der Waals surface area contributed by atoms with Crippen LogP contribution in [0.4, 0.5) is 18.9 Å². The molecule has 1 atom stereocenters. The van der Waals surface area contributed by atoms with Gasteiger partial charge in [0.25, 0.3) is 11.5 Å². The normalized spacial score (nSPS) is 15.0. The third-order valence-electron chi connectivity index (χ3n) is 5.87. The van der Waals surface area contributed by atoms with E-state index < -0.39 is 18.2 Å². The lowest BCUT2D eigenvalue weighted by Gasteiger charge is -2.18. The van der Waals surface area contributed by atoms with Crippen molar-refractivity contribution >= 4 is 28.3 Å². The molecule has 1 saturated heterocycles. The standard InChI is InChI=1S/C25H21N3O4.C2HF3O2/c1-31-18-5-4-6-19(15-18)32-22-13-14-28(25(22)30)17-11-9-16(10-12-17)23-20-7-2-3-8-21(20)24(29)27-26-23;3-2(4,5)1(6)7/h2-12,15,22H,13-14H2,1H3,(H,27,29);(H,6,7). The number of halogens is 3. The summed E-state index contributed by atoms with van der Waals surface area (Å²) >= 11 is 0. The topological polar surface area (TPSA) is 122 Å². The van der Waals surface area contributed by atoms with Gasteiger partial charge in [0, 0.05) is 35.7 Å². The highest BCUT2D eigenvalue weighted by atomic mass is 19.4. The molecule has 1 amide bonds. The van der Waals surface area contributed by atoms with Crippen LogP contribution in [0.15, 0.2) is 77.6 Å². The van der Waals surface area contributed by atoms with E-state index in [-0.39, 0.29) is 11.5 Å². The summed E-state index contributed by atoms with van der Waals surface area (Å²) in [5.74, 6) is -1.54. The molecule has 0 radical (unpaired) electrons. The van der Waals surface area contributed by atoms with E-state index in [1.807, 2.05) is 60.7 Å². The quantitative estimate of drug-likeness (QED) is 0.384. The summed E-state index contributed by atoms with van der Waals surface area (Å²) in [6.45, 7) is 0.576. The lowest BCUT2D eigenvalue weighted by molar-refractivity contribution is -0.192. The second-order valence-electron chi connectivity index (χ2n) is 8.36. The number of benzene rings is 3. The van der Waals surface area contributed by atoms with Crippen LogP contribution in [0, 0.1) is 0 Å². The van der Waals surface area contributed by atoms with Crippen LogP contribution in [0.3, 0.4) is 0 Å². The number of carbonyl (C=O) groups is 2. The first-order valence-electron chi connectivity index (χ1n) is 11.6. The fourth-order valence-electron chi connectivity index (χ4n) is 3.99. The van der Waals surface area contributed by atoms with Gasteiger partial charge < -0.3 is 19.5 Å². The molecule has 3 aromatic carbocycles. The number of fused-ring (bicyclic) bond motifs is 1. The van der Waals surface area contributed by atoms with Gasteiger partial charge in [-0.15, -0.1) is 0 Å². The summed E-state index contributed by atoms with van der Waals surface area (Å²) < 4.78 is 42.9. The van der Waals surface area contributed by atoms with E-state index in [4.69, 9.17) is 19.4 Å². The molecule has 2 heterocycles. The van der Waals surface area contributed by atoms with Gasteiger partial charge in [-0.25, -0.2) is 9.89 Å². The minimum atomic E-state index is -5.08. The summed E-state index contributed by atoms with van der Waals surface area (Å²) in [5, 5.41) is 15.3. The molecule has 4 aromatic rings. The fourth-order valence-corrected chi connectivity index (χ4v) is 3.99. The summed E-state index contributed by atoms with van der Waals surface area (Å²) in [6.07, 6.45) is -5.02. The Hall–Kier alpha value is -4.87. The minimum Gasteiger partial charge on any atom is -0.497 e. The Labute approximate surface area is 219 Å². The molecule has 9 nitrogen and oxygen atoms in total. The molecule has 1 unspecified atom stereocenters. The maximum absolute atomic E-state index is 12.9. The van der Waals surface area contributed by atoms with Crippen LogP contribution in [-0.4, -0.2) is 53.1 Å². The SMILES string of the molecule is COc1cccc(OC2CCN(c3ccc(-c4n[nH]c(=O)c5ccccc45)cc3)C2=O)c1.O=C(O)C(F)(F)F. The van der Waals surface area contributed by atoms with Crippen LogP contribution in [0.25, 0.3) is 22.0 Å². The number of anilines is 1. The van der Waals surface area contributed by atoms with Gasteiger partial charge in [0.15, 0.2) is 6.10 Å². The highest BCUT2D eigenvalue weighted by molar-refractivity contribution is 5.99. The number of aromatic nitrogens is 2. The number of aromatic amines is 1. The van der Waals surface area contributed by atoms with Gasteiger partial charge in [0.05, 0.1) is 18.2 Å². The number of hydrogen-bond acceptors (Lipinski definition) is 6. The number of H-pyrrole nitrogens is 1. The van der Waals surface area contributed by atoms with Gasteiger partial charge in [0.1, 0.15) is 11.5 Å². The number of aliphatic carboxylic acids is 1. The molecule has 202 valence electrons. The van der Waals surface area contributed by atoms with E-state index in [1.54, 1.807) is 24.1 Å². The Morgan fingerprint density at radius 1 is 1.00 bits per heavy atom. The number of carbonyl (C=O) groups excluding carboxylic acids is 1. The van der Waals surface area contributed by atoms with Gasteiger partial charge in [-0.05, 0) is 30.3 Å². The molecule has 1 aliphatic heterocycles. The van der Waals surface area contributed by atoms with Crippen molar-refractivity contribution in [2.45, 2.75) is 18.7 Å². The first kappa shape index (κ1) is 27.2. The van der Waals surface area contributed by atoms with E-state index in [2.05, 4.69) is 10.2 Å². The number of rotatable bonds is 5. The molecular weight excluding hydrogens is 519 g/mol. The molecule has 0 bridgehead atoms. The van der Waals surface area contributed by atoms with Crippen molar-refractivity contribution in [1.29, 1.82) is 0 Å². The van der Waals surface area contributed by atoms with Crippen molar-refractivity contribution in [2.75, 3.05) is 18.6 Å². The molecule has 12 heteroatoms. The van der Waals surface area contributed by atoms with Gasteiger partial charge in [0.2, 0.25) is 0 Å². The molecule has 5 rings (SSSR count). The molecule has 1 fully saturated rings. The number of amides is 1. The number of carboxylic acids is 1. The molecule has 39 heavy (non-hydrogen) atoms. The van der Waals surface area contributed by atoms with E-state index >= 15 is 0 Å². The number of nitrogens with zero attached hydrogens (tertiary/aromatic N) is 2. The van der Waals surface area contributed by atoms with E-state index in [9.17, 15) is 22.8 Å². The number of nitrogens with one attached hydrogen (secondary N) is 1. The van der Waals surface area contributed by atoms with E-state index in [0.29, 0.717) is 35.5 Å². The predicted molar refractivity (Wildman–Crippen MR) is 136 cm³/mol. The van der Waals surface area contributed by atoms with Crippen LogP contribution in [0.5, 0.6) is 11.5 Å². The molecule has 1 aliphatic rings. The Morgan fingerprint density at radius 2 is 1.64 bits per heavy atom. The van der Waals surface area contributed by atoms with Crippen LogP contribution in [0.2, 0.25) is 0 Å². The molecule has 0 saturated carbocycles. The summed E-state index contributed by atoms with van der Waals surface area (Å²) in [4.78, 5) is 35.6. The second kappa shape index (κ2) is 11.3. The molecule has 0 aliphatic carbocycles. The first-order chi connectivity index (χ1) is 18.6. The fraction of sp³-hybridized carbons (Fsp3) is 0.185. The maximum Gasteiger partial charge on any atom is 0.490 e. The Kier molecular flexibility index (Phi) is 7.84. The third kappa shape index (κ3) is 6.17. The summed E-state index contributed by atoms with van der Waals surface area (Å²) in [6, 6.07) is 22.2.